The van der Waals surface area contributed by atoms with Crippen molar-refractivity contribution in [3.05, 3.63) is 63.4 Å². The number of benzene rings is 1. The predicted molar refractivity (Wildman–Crippen MR) is 115 cm³/mol. The van der Waals surface area contributed by atoms with E-state index in [1.54, 1.807) is 18.2 Å². The van der Waals surface area contributed by atoms with E-state index in [9.17, 15) is 24.1 Å². The zero-order chi connectivity index (χ0) is 23.5. The second-order valence-electron chi connectivity index (χ2n) is 6.59. The zero-order valence-corrected chi connectivity index (χ0v) is 19.3. The van der Waals surface area contributed by atoms with Crippen molar-refractivity contribution in [2.75, 3.05) is 13.2 Å². The van der Waals surface area contributed by atoms with Crippen molar-refractivity contribution in [2.24, 2.45) is 0 Å². The van der Waals surface area contributed by atoms with Gasteiger partial charge in [-0.25, -0.2) is 14.4 Å². The summed E-state index contributed by atoms with van der Waals surface area (Å²) in [5.74, 6) is -1.16. The Hall–Kier alpha value is -1.99. The molecule has 1 aromatic heterocycles. The highest BCUT2D eigenvalue weighted by molar-refractivity contribution is 9.10. The molecule has 0 amide bonds. The van der Waals surface area contributed by atoms with Crippen LogP contribution in [0.25, 0.3) is 0 Å². The Morgan fingerprint density at radius 1 is 1.34 bits per heavy atom. The molecule has 0 saturated carbocycles. The van der Waals surface area contributed by atoms with E-state index < -0.39 is 60.3 Å². The van der Waals surface area contributed by atoms with Gasteiger partial charge in [0.2, 0.25) is 0 Å². The van der Waals surface area contributed by atoms with Crippen molar-refractivity contribution < 1.29 is 33.4 Å². The number of aromatic amines is 1. The minimum atomic E-state index is -4.22. The molecular formula is C17H18BrClN3O9P. The summed E-state index contributed by atoms with van der Waals surface area (Å²) in [5, 5.41) is 21.7. The molecule has 1 aliphatic heterocycles. The van der Waals surface area contributed by atoms with Gasteiger partial charge >= 0.3 is 19.4 Å². The van der Waals surface area contributed by atoms with Gasteiger partial charge in [0.25, 0.3) is 5.56 Å². The molecule has 32 heavy (non-hydrogen) atoms. The summed E-state index contributed by atoms with van der Waals surface area (Å²) in [6.07, 6.45) is -2.83. The first-order valence-corrected chi connectivity index (χ1v) is 11.7. The number of aromatic nitrogens is 2. The summed E-state index contributed by atoms with van der Waals surface area (Å²) in [6, 6.07) is 8.96. The van der Waals surface area contributed by atoms with Gasteiger partial charge in [-0.05, 0) is 12.1 Å². The Kier molecular flexibility index (Phi) is 7.61. The van der Waals surface area contributed by atoms with E-state index in [0.717, 1.165) is 16.8 Å². The lowest BCUT2D eigenvalue weighted by Crippen LogP contribution is -2.41. The molecule has 174 valence electrons. The fourth-order valence-corrected chi connectivity index (χ4v) is 4.98. The Morgan fingerprint density at radius 2 is 2.03 bits per heavy atom. The first-order valence-electron chi connectivity index (χ1n) is 9.01. The minimum absolute atomic E-state index is 0.145. The molecule has 3 rings (SSSR count). The van der Waals surface area contributed by atoms with Crippen LogP contribution in [-0.4, -0.2) is 54.9 Å². The molecule has 1 aliphatic rings. The van der Waals surface area contributed by atoms with E-state index in [4.69, 9.17) is 30.5 Å². The molecule has 15 heteroatoms. The van der Waals surface area contributed by atoms with Crippen molar-refractivity contribution in [1.29, 1.82) is 0 Å². The molecule has 0 spiro atoms. The number of carboxylic acids is 1. The normalized spacial score (nSPS) is 27.0. The standard InChI is InChI=1S/C17H18BrClN3O9P/c18-17(19)14(26)11(30-15(17)22-7-6-12(23)21-16(22)27)9-29-32(28,20-8-13(24)25)31-10-4-2-1-3-5-10/h1-7,11,14-15,26H,8-9H2,(H,20,28)(H,24,25)(H,21,23,27)/t11-,14-,15-,17+,32?/m1/s1. The number of aliphatic hydroxyl groups is 1. The van der Waals surface area contributed by atoms with Gasteiger partial charge in [0.15, 0.2) is 10.0 Å². The number of hydrogen-bond donors (Lipinski definition) is 4. The van der Waals surface area contributed by atoms with Gasteiger partial charge in [0, 0.05) is 12.3 Å². The quantitative estimate of drug-likeness (QED) is 0.259. The predicted octanol–water partition coefficient (Wildman–Crippen LogP) is 1.00. The molecule has 0 radical (unpaired) electrons. The topological polar surface area (TPSA) is 169 Å². The van der Waals surface area contributed by atoms with Crippen molar-refractivity contribution in [3.8, 4) is 5.75 Å². The monoisotopic (exact) mass is 553 g/mol. The number of aliphatic hydroxyl groups excluding tert-OH is 1. The third-order valence-electron chi connectivity index (χ3n) is 4.28. The molecule has 2 heterocycles. The third kappa shape index (κ3) is 5.67. The van der Waals surface area contributed by atoms with Crippen molar-refractivity contribution in [3.63, 3.8) is 0 Å². The molecule has 0 bridgehead atoms. The molecule has 1 aromatic carbocycles. The fourth-order valence-electron chi connectivity index (χ4n) is 2.78. The summed E-state index contributed by atoms with van der Waals surface area (Å²) in [7, 11) is -4.22. The van der Waals surface area contributed by atoms with Crippen LogP contribution in [0.3, 0.4) is 0 Å². The van der Waals surface area contributed by atoms with Gasteiger partial charge in [-0.1, -0.05) is 45.7 Å². The van der Waals surface area contributed by atoms with Crippen LogP contribution in [0.2, 0.25) is 0 Å². The van der Waals surface area contributed by atoms with Crippen molar-refractivity contribution in [2.45, 2.75) is 22.2 Å². The van der Waals surface area contributed by atoms with E-state index >= 15 is 0 Å². The van der Waals surface area contributed by atoms with Crippen molar-refractivity contribution in [1.82, 2.24) is 14.6 Å². The second-order valence-corrected chi connectivity index (χ2v) is 10.7. The lowest BCUT2D eigenvalue weighted by molar-refractivity contribution is -0.135. The molecule has 1 fully saturated rings. The molecule has 4 N–H and O–H groups in total. The lowest BCUT2D eigenvalue weighted by atomic mass is 10.2. The SMILES string of the molecule is O=C(O)CNP(=O)(OC[C@H]1O[C@@H](n2ccc(=O)[nH]c2=O)[C@](Cl)(Br)[C@@H]1O)Oc1ccccc1. The molecule has 1 saturated heterocycles. The van der Waals surface area contributed by atoms with Gasteiger partial charge in [-0.15, -0.1) is 0 Å². The Morgan fingerprint density at radius 3 is 2.66 bits per heavy atom. The fraction of sp³-hybridized carbons (Fsp3) is 0.353. The number of carboxylic acid groups (broad SMARTS) is 1. The number of alkyl halides is 2. The minimum Gasteiger partial charge on any atom is -0.480 e. The highest BCUT2D eigenvalue weighted by atomic mass is 79.9. The molecule has 5 atom stereocenters. The number of carbonyl (C=O) groups is 1. The maximum absolute atomic E-state index is 13.1. The lowest BCUT2D eigenvalue weighted by Gasteiger charge is -2.24. The number of H-pyrrole nitrogens is 1. The number of hydrogen-bond acceptors (Lipinski definition) is 8. The van der Waals surface area contributed by atoms with Gasteiger partial charge < -0.3 is 19.5 Å². The summed E-state index contributed by atoms with van der Waals surface area (Å²) in [6.45, 7) is -1.28. The molecular weight excluding hydrogens is 537 g/mol. The summed E-state index contributed by atoms with van der Waals surface area (Å²) in [5.41, 5.74) is -1.47. The highest BCUT2D eigenvalue weighted by Crippen LogP contribution is 2.50. The second kappa shape index (κ2) is 9.87. The number of aliphatic carboxylic acids is 1. The Bertz CT molecular complexity index is 1130. The largest absolute Gasteiger partial charge is 0.480 e. The van der Waals surface area contributed by atoms with Crippen LogP contribution >= 0.6 is 35.3 Å². The van der Waals surface area contributed by atoms with Gasteiger partial charge in [-0.3, -0.25) is 23.7 Å². The summed E-state index contributed by atoms with van der Waals surface area (Å²) >= 11 is 9.47. The van der Waals surface area contributed by atoms with Crippen LogP contribution in [-0.2, 0) is 18.6 Å². The Balaban J connectivity index is 1.78. The smallest absolute Gasteiger partial charge is 0.459 e. The number of rotatable bonds is 9. The summed E-state index contributed by atoms with van der Waals surface area (Å²) < 4.78 is 28.6. The van der Waals surface area contributed by atoms with Crippen LogP contribution in [0.15, 0.2) is 52.2 Å². The van der Waals surface area contributed by atoms with E-state index in [-0.39, 0.29) is 5.75 Å². The van der Waals surface area contributed by atoms with Crippen molar-refractivity contribution >= 4 is 41.2 Å². The third-order valence-corrected chi connectivity index (χ3v) is 7.04. The molecule has 0 aliphatic carbocycles. The van der Waals surface area contributed by atoms with E-state index in [1.807, 2.05) is 4.98 Å². The highest BCUT2D eigenvalue weighted by Gasteiger charge is 2.55. The number of para-hydroxylation sites is 1. The number of halogens is 2. The average Bonchev–Trinajstić information content (AvgIpc) is 2.95. The first kappa shape index (κ1) is 24.6. The van der Waals surface area contributed by atoms with E-state index in [2.05, 4.69) is 21.0 Å². The maximum Gasteiger partial charge on any atom is 0.459 e. The maximum atomic E-state index is 13.1. The average molecular weight is 555 g/mol. The van der Waals surface area contributed by atoms with E-state index in [0.29, 0.717) is 0 Å². The van der Waals surface area contributed by atoms with Crippen LogP contribution < -0.4 is 20.9 Å². The van der Waals surface area contributed by atoms with Crippen LogP contribution in [0.5, 0.6) is 5.75 Å². The van der Waals surface area contributed by atoms with Crippen LogP contribution in [0.4, 0.5) is 0 Å². The van der Waals surface area contributed by atoms with Crippen LogP contribution in [0.1, 0.15) is 6.23 Å². The van der Waals surface area contributed by atoms with Gasteiger partial charge in [-0.2, -0.15) is 0 Å². The number of nitrogens with zero attached hydrogens (tertiary/aromatic N) is 1. The first-order chi connectivity index (χ1) is 15.0. The zero-order valence-electron chi connectivity index (χ0n) is 16.1. The van der Waals surface area contributed by atoms with Gasteiger partial charge in [0.05, 0.1) is 6.61 Å². The molecule has 2 aromatic rings. The molecule has 12 nitrogen and oxygen atoms in total. The molecule has 1 unspecified atom stereocenters. The van der Waals surface area contributed by atoms with Crippen LogP contribution in [0, 0.1) is 0 Å². The Labute approximate surface area is 193 Å². The summed E-state index contributed by atoms with van der Waals surface area (Å²) in [4.78, 5) is 36.4. The van der Waals surface area contributed by atoms with Gasteiger partial charge in [0.1, 0.15) is 24.5 Å². The number of nitrogens with one attached hydrogen (secondary N) is 2. The van der Waals surface area contributed by atoms with E-state index in [1.165, 1.54) is 12.1 Å². The number of ether oxygens (including phenoxy) is 1.